The van der Waals surface area contributed by atoms with Crippen LogP contribution in [0.1, 0.15) is 0 Å². The number of pyridine rings is 1. The molecule has 0 unspecified atom stereocenters. The number of hydrogen-bond acceptors (Lipinski definition) is 1. The van der Waals surface area contributed by atoms with Crippen LogP contribution in [0.3, 0.4) is 0 Å². The number of nitrogens with zero attached hydrogens (tertiary/aromatic N) is 3. The molecule has 0 bridgehead atoms. The lowest BCUT2D eigenvalue weighted by atomic mass is 9.98. The minimum Gasteiger partial charge on any atom is -0.309 e. The van der Waals surface area contributed by atoms with Crippen LogP contribution in [0, 0.1) is 12.1 Å². The number of hydrogen-bond donors (Lipinski definition) is 0. The number of rotatable bonds is 7. The highest BCUT2D eigenvalue weighted by atomic mass is 15.1. The first-order valence-electron chi connectivity index (χ1n) is 21.0. The van der Waals surface area contributed by atoms with E-state index >= 15 is 0 Å². The van der Waals surface area contributed by atoms with Crippen molar-refractivity contribution < 1.29 is 0 Å². The molecule has 0 aliphatic heterocycles. The molecule has 0 aliphatic carbocycles. The zero-order valence-corrected chi connectivity index (χ0v) is 33.7. The van der Waals surface area contributed by atoms with E-state index in [1.165, 1.54) is 44.1 Å². The molecule has 9 aromatic carbocycles. The van der Waals surface area contributed by atoms with Gasteiger partial charge in [0, 0.05) is 27.4 Å². The monoisotopic (exact) mass is 787 g/mol. The highest BCUT2D eigenvalue weighted by Gasteiger charge is 2.18. The van der Waals surface area contributed by atoms with Crippen molar-refractivity contribution in [2.45, 2.75) is 0 Å². The molecular weight excluding hydrogens is 751 g/mol. The van der Waals surface area contributed by atoms with Gasteiger partial charge in [0.05, 0.1) is 33.1 Å². The predicted molar refractivity (Wildman–Crippen MR) is 258 cm³/mol. The van der Waals surface area contributed by atoms with E-state index in [1.807, 2.05) is 6.07 Å². The summed E-state index contributed by atoms with van der Waals surface area (Å²) in [6, 6.07) is 86.9. The Labute approximate surface area is 360 Å². The van der Waals surface area contributed by atoms with Crippen molar-refractivity contribution in [2.75, 3.05) is 0 Å². The average Bonchev–Trinajstić information content (AvgIpc) is 3.87. The molecule has 0 atom stereocenters. The third kappa shape index (κ3) is 6.05. The van der Waals surface area contributed by atoms with Gasteiger partial charge in [0.2, 0.25) is 0 Å². The third-order valence-corrected chi connectivity index (χ3v) is 12.2. The van der Waals surface area contributed by atoms with Gasteiger partial charge in [-0.3, -0.25) is 4.57 Å². The van der Waals surface area contributed by atoms with Crippen molar-refractivity contribution in [3.63, 3.8) is 0 Å². The molecule has 0 radical (unpaired) electrons. The zero-order valence-electron chi connectivity index (χ0n) is 33.7. The lowest BCUT2D eigenvalue weighted by molar-refractivity contribution is 1.08. The van der Waals surface area contributed by atoms with E-state index in [4.69, 9.17) is 4.98 Å². The van der Waals surface area contributed by atoms with Gasteiger partial charge >= 0.3 is 0 Å². The fraction of sp³-hybridized carbons (Fsp3) is 0. The Bertz CT molecular complexity index is 3480. The second-order valence-corrected chi connectivity index (χ2v) is 15.8. The SMILES string of the molecule is c1ccc2c(c#1)c1cc(-c3ccc4c(c3)c3ccccc3n4-c3ccccc3)ccc1n2-c1cc(-c2ccc(-c3ccccc3)cc2)cc(-c2ccc(-c3ccccc3)cc2)n1. The van der Waals surface area contributed by atoms with Crippen molar-refractivity contribution in [3.8, 4) is 67.3 Å². The largest absolute Gasteiger partial charge is 0.309 e. The summed E-state index contributed by atoms with van der Waals surface area (Å²) in [7, 11) is 0. The maximum Gasteiger partial charge on any atom is 0.138 e. The summed E-state index contributed by atoms with van der Waals surface area (Å²) in [5.74, 6) is 0.847. The molecular formula is C59H37N3. The minimum atomic E-state index is 0.847. The summed E-state index contributed by atoms with van der Waals surface area (Å²) in [5, 5.41) is 4.58. The molecule has 12 rings (SSSR count). The molecule has 288 valence electrons. The smallest absolute Gasteiger partial charge is 0.138 e. The van der Waals surface area contributed by atoms with Gasteiger partial charge < -0.3 is 4.57 Å². The number of benzene rings is 8. The van der Waals surface area contributed by atoms with E-state index in [0.717, 1.165) is 66.8 Å². The lowest BCUT2D eigenvalue weighted by Gasteiger charge is -2.14. The standard InChI is InChI=1S/C59H37N3/c1-4-14-40(15-5-1)42-24-26-44(27-25-42)48-38-54(45-30-28-43(29-31-45)41-16-6-2-7-17-41)60-59(39-48)62-56-23-13-11-21-51(56)53-37-47(33-35-58(53)62)46-32-34-57-52(36-46)50-20-10-12-22-55(50)61(57)49-18-8-3-9-19-49/h1-10,12-20,22-39H. The van der Waals surface area contributed by atoms with E-state index in [9.17, 15) is 0 Å². The summed E-state index contributed by atoms with van der Waals surface area (Å²) in [5.41, 5.74) is 16.9. The molecule has 0 saturated heterocycles. The van der Waals surface area contributed by atoms with Crippen molar-refractivity contribution in [3.05, 3.63) is 237 Å². The van der Waals surface area contributed by atoms with Crippen molar-refractivity contribution in [1.29, 1.82) is 0 Å². The van der Waals surface area contributed by atoms with Crippen LogP contribution in [0.5, 0.6) is 0 Å². The van der Waals surface area contributed by atoms with Gasteiger partial charge in [-0.25, -0.2) is 4.98 Å². The number of aromatic nitrogens is 3. The molecule has 0 amide bonds. The number of fused-ring (bicyclic) bond motifs is 6. The Morgan fingerprint density at radius 3 is 1.48 bits per heavy atom. The van der Waals surface area contributed by atoms with Crippen LogP contribution >= 0.6 is 0 Å². The molecule has 0 N–H and O–H groups in total. The van der Waals surface area contributed by atoms with E-state index in [-0.39, 0.29) is 0 Å². The second kappa shape index (κ2) is 14.7. The summed E-state index contributed by atoms with van der Waals surface area (Å²) in [4.78, 5) is 5.45. The first-order chi connectivity index (χ1) is 30.7. The predicted octanol–water partition coefficient (Wildman–Crippen LogP) is 15.2. The minimum absolute atomic E-state index is 0.847. The van der Waals surface area contributed by atoms with E-state index in [1.54, 1.807) is 0 Å². The van der Waals surface area contributed by atoms with Gasteiger partial charge in [0.1, 0.15) is 5.82 Å². The molecule has 0 spiro atoms. The summed E-state index contributed by atoms with van der Waals surface area (Å²) in [6.07, 6.45) is 0. The summed E-state index contributed by atoms with van der Waals surface area (Å²) < 4.78 is 4.65. The average molecular weight is 788 g/mol. The Morgan fingerprint density at radius 1 is 0.323 bits per heavy atom. The van der Waals surface area contributed by atoms with Crippen molar-refractivity contribution in [2.24, 2.45) is 0 Å². The van der Waals surface area contributed by atoms with Crippen LogP contribution in [0.2, 0.25) is 0 Å². The van der Waals surface area contributed by atoms with Crippen molar-refractivity contribution >= 4 is 43.6 Å². The molecule has 3 aromatic heterocycles. The molecule has 3 heterocycles. The molecule has 0 fully saturated rings. The fourth-order valence-electron chi connectivity index (χ4n) is 9.16. The first kappa shape index (κ1) is 35.5. The summed E-state index contributed by atoms with van der Waals surface area (Å²) >= 11 is 0. The van der Waals surface area contributed by atoms with E-state index < -0.39 is 0 Å². The van der Waals surface area contributed by atoms with Gasteiger partial charge in [0.25, 0.3) is 0 Å². The molecule has 62 heavy (non-hydrogen) atoms. The molecule has 0 aliphatic rings. The molecule has 0 saturated carbocycles. The normalized spacial score (nSPS) is 11.4. The van der Waals surface area contributed by atoms with E-state index in [0.29, 0.717) is 0 Å². The van der Waals surface area contributed by atoms with Crippen LogP contribution < -0.4 is 0 Å². The Kier molecular flexibility index (Phi) is 8.40. The first-order valence-corrected chi connectivity index (χ1v) is 21.0. The van der Waals surface area contributed by atoms with Crippen LogP contribution in [0.25, 0.3) is 111 Å². The van der Waals surface area contributed by atoms with Crippen LogP contribution in [-0.2, 0) is 0 Å². The third-order valence-electron chi connectivity index (χ3n) is 12.2. The van der Waals surface area contributed by atoms with Gasteiger partial charge in [-0.1, -0.05) is 170 Å². The Balaban J connectivity index is 1.01. The van der Waals surface area contributed by atoms with Gasteiger partial charge in [-0.15, -0.1) is 0 Å². The lowest BCUT2D eigenvalue weighted by Crippen LogP contribution is -2.00. The van der Waals surface area contributed by atoms with Crippen molar-refractivity contribution in [1.82, 2.24) is 14.1 Å². The topological polar surface area (TPSA) is 22.8 Å². The highest BCUT2D eigenvalue weighted by molar-refractivity contribution is 6.12. The van der Waals surface area contributed by atoms with Gasteiger partial charge in [0.15, 0.2) is 0 Å². The Hall–Kier alpha value is -8.45. The maximum absolute atomic E-state index is 5.45. The second-order valence-electron chi connectivity index (χ2n) is 15.8. The Morgan fingerprint density at radius 2 is 0.823 bits per heavy atom. The van der Waals surface area contributed by atoms with Gasteiger partial charge in [-0.2, -0.15) is 0 Å². The van der Waals surface area contributed by atoms with Crippen LogP contribution in [-0.4, -0.2) is 14.1 Å². The zero-order chi connectivity index (χ0) is 41.0. The van der Waals surface area contributed by atoms with Gasteiger partial charge in [-0.05, 0) is 111 Å². The maximum atomic E-state index is 5.45. The fourth-order valence-corrected chi connectivity index (χ4v) is 9.16. The molecule has 3 heteroatoms. The molecule has 12 aromatic rings. The molecule has 3 nitrogen and oxygen atoms in total. The van der Waals surface area contributed by atoms with E-state index in [2.05, 4.69) is 240 Å². The van der Waals surface area contributed by atoms with Crippen LogP contribution in [0.4, 0.5) is 0 Å². The quantitative estimate of drug-likeness (QED) is 0.158. The highest BCUT2D eigenvalue weighted by Crippen LogP contribution is 2.39. The summed E-state index contributed by atoms with van der Waals surface area (Å²) in [6.45, 7) is 0. The number of para-hydroxylation sites is 2. The van der Waals surface area contributed by atoms with Crippen LogP contribution in [0.15, 0.2) is 224 Å².